The third kappa shape index (κ3) is 4.47. The predicted octanol–water partition coefficient (Wildman–Crippen LogP) is 3.93. The molecular weight excluding hydrogens is 447 g/mol. The van der Waals surface area contributed by atoms with Gasteiger partial charge in [0.25, 0.3) is 15.7 Å². The fourth-order valence-corrected chi connectivity index (χ4v) is 4.17. The zero-order valence-corrected chi connectivity index (χ0v) is 18.4. The molecule has 1 aromatic heterocycles. The van der Waals surface area contributed by atoms with Gasteiger partial charge in [-0.15, -0.1) is 0 Å². The number of aromatic nitrogens is 1. The SMILES string of the molecule is CC(C)Cc1cc(CN2C(=O)N(c3ccc(S(=O)(=O)C(F)(F)F)cc3)C(=O)C2C)ccn1. The van der Waals surface area contributed by atoms with Crippen LogP contribution in [0.15, 0.2) is 47.5 Å². The van der Waals surface area contributed by atoms with E-state index in [2.05, 4.69) is 18.8 Å². The summed E-state index contributed by atoms with van der Waals surface area (Å²) in [4.78, 5) is 31.2. The molecule has 3 rings (SSSR count). The summed E-state index contributed by atoms with van der Waals surface area (Å²) < 4.78 is 61.3. The molecule has 11 heteroatoms. The van der Waals surface area contributed by atoms with Gasteiger partial charge in [0.05, 0.1) is 10.6 Å². The fourth-order valence-electron chi connectivity index (χ4n) is 3.41. The van der Waals surface area contributed by atoms with Gasteiger partial charge in [-0.3, -0.25) is 9.78 Å². The van der Waals surface area contributed by atoms with Gasteiger partial charge in [-0.25, -0.2) is 18.1 Å². The van der Waals surface area contributed by atoms with Crippen molar-refractivity contribution in [1.82, 2.24) is 9.88 Å². The lowest BCUT2D eigenvalue weighted by molar-refractivity contribution is -0.119. The zero-order valence-electron chi connectivity index (χ0n) is 17.6. The van der Waals surface area contributed by atoms with Gasteiger partial charge in [0.2, 0.25) is 0 Å². The van der Waals surface area contributed by atoms with Crippen molar-refractivity contribution in [2.45, 2.75) is 50.2 Å². The van der Waals surface area contributed by atoms with E-state index in [9.17, 15) is 31.2 Å². The van der Waals surface area contributed by atoms with E-state index in [4.69, 9.17) is 0 Å². The number of carbonyl (C=O) groups is 2. The molecule has 1 aliphatic heterocycles. The van der Waals surface area contributed by atoms with Crippen LogP contribution in [-0.4, -0.2) is 41.8 Å². The first-order valence-corrected chi connectivity index (χ1v) is 11.3. The van der Waals surface area contributed by atoms with Gasteiger partial charge in [-0.2, -0.15) is 13.2 Å². The maximum atomic E-state index is 13.0. The number of hydrogen-bond donors (Lipinski definition) is 0. The maximum Gasteiger partial charge on any atom is 0.501 e. The van der Waals surface area contributed by atoms with Crippen LogP contribution in [0.1, 0.15) is 32.0 Å². The third-order valence-electron chi connectivity index (χ3n) is 5.04. The van der Waals surface area contributed by atoms with E-state index >= 15 is 0 Å². The molecule has 32 heavy (non-hydrogen) atoms. The second-order valence-electron chi connectivity index (χ2n) is 7.96. The summed E-state index contributed by atoms with van der Waals surface area (Å²) in [7, 11) is -5.52. The van der Waals surface area contributed by atoms with Gasteiger partial charge in [0.1, 0.15) is 6.04 Å². The van der Waals surface area contributed by atoms with Crippen LogP contribution in [0.5, 0.6) is 0 Å². The third-order valence-corrected chi connectivity index (χ3v) is 6.55. The second kappa shape index (κ2) is 8.53. The van der Waals surface area contributed by atoms with E-state index < -0.39 is 38.2 Å². The normalized spacial score (nSPS) is 17.5. The Bertz CT molecular complexity index is 1130. The van der Waals surface area contributed by atoms with Gasteiger partial charge in [-0.1, -0.05) is 13.8 Å². The molecule has 0 spiro atoms. The minimum absolute atomic E-state index is 0.00861. The van der Waals surface area contributed by atoms with Crippen LogP contribution in [-0.2, 0) is 27.6 Å². The number of sulfone groups is 1. The molecule has 0 aliphatic carbocycles. The highest BCUT2D eigenvalue weighted by Crippen LogP contribution is 2.32. The van der Waals surface area contributed by atoms with Crippen molar-refractivity contribution in [3.63, 3.8) is 0 Å². The molecule has 172 valence electrons. The Kier molecular flexibility index (Phi) is 6.32. The number of halogens is 3. The molecule has 1 fully saturated rings. The predicted molar refractivity (Wildman–Crippen MR) is 110 cm³/mol. The Balaban J connectivity index is 1.84. The molecule has 7 nitrogen and oxygen atoms in total. The monoisotopic (exact) mass is 469 g/mol. The van der Waals surface area contributed by atoms with E-state index in [-0.39, 0.29) is 12.2 Å². The van der Waals surface area contributed by atoms with Crippen LogP contribution < -0.4 is 4.90 Å². The van der Waals surface area contributed by atoms with E-state index in [1.54, 1.807) is 19.2 Å². The van der Waals surface area contributed by atoms with E-state index in [0.29, 0.717) is 5.92 Å². The Morgan fingerprint density at radius 2 is 1.72 bits per heavy atom. The van der Waals surface area contributed by atoms with E-state index in [1.807, 2.05) is 6.07 Å². The van der Waals surface area contributed by atoms with Crippen molar-refractivity contribution >= 4 is 27.5 Å². The molecule has 1 saturated heterocycles. The average Bonchev–Trinajstić information content (AvgIpc) is 2.90. The van der Waals surface area contributed by atoms with Gasteiger partial charge in [0.15, 0.2) is 0 Å². The van der Waals surface area contributed by atoms with Gasteiger partial charge >= 0.3 is 11.5 Å². The highest BCUT2D eigenvalue weighted by molar-refractivity contribution is 7.92. The quantitative estimate of drug-likeness (QED) is 0.599. The molecule has 2 aromatic rings. The van der Waals surface area contributed by atoms with Crippen molar-refractivity contribution < 1.29 is 31.2 Å². The number of pyridine rings is 1. The van der Waals surface area contributed by atoms with Crippen molar-refractivity contribution in [2.75, 3.05) is 4.90 Å². The molecule has 3 amide bonds. The van der Waals surface area contributed by atoms with Gasteiger partial charge in [-0.05, 0) is 61.2 Å². The van der Waals surface area contributed by atoms with Crippen LogP contribution in [0.3, 0.4) is 0 Å². The smallest absolute Gasteiger partial charge is 0.308 e. The zero-order chi connectivity index (χ0) is 23.8. The molecule has 0 radical (unpaired) electrons. The summed E-state index contributed by atoms with van der Waals surface area (Å²) in [5.41, 5.74) is -3.80. The van der Waals surface area contributed by atoms with Crippen molar-refractivity contribution in [3.8, 4) is 0 Å². The summed E-state index contributed by atoms with van der Waals surface area (Å²) in [5.74, 6) is -0.163. The minimum atomic E-state index is -5.52. The largest absolute Gasteiger partial charge is 0.501 e. The van der Waals surface area contributed by atoms with Crippen molar-refractivity contribution in [2.24, 2.45) is 5.92 Å². The van der Waals surface area contributed by atoms with Crippen LogP contribution >= 0.6 is 0 Å². The number of benzene rings is 1. The van der Waals surface area contributed by atoms with Crippen LogP contribution in [0, 0.1) is 5.92 Å². The number of anilines is 1. The van der Waals surface area contributed by atoms with Crippen LogP contribution in [0.25, 0.3) is 0 Å². The number of nitrogens with zero attached hydrogens (tertiary/aromatic N) is 3. The number of carbonyl (C=O) groups excluding carboxylic acids is 2. The molecule has 1 aromatic carbocycles. The number of urea groups is 1. The first kappa shape index (κ1) is 23.7. The van der Waals surface area contributed by atoms with E-state index in [1.165, 1.54) is 4.90 Å². The fraction of sp³-hybridized carbons (Fsp3) is 0.381. The number of alkyl halides is 3. The summed E-state index contributed by atoms with van der Waals surface area (Å²) in [6.45, 7) is 5.82. The Morgan fingerprint density at radius 1 is 1.09 bits per heavy atom. The Labute approximate surface area is 183 Å². The topological polar surface area (TPSA) is 87.7 Å². The Hall–Kier alpha value is -2.95. The van der Waals surface area contributed by atoms with E-state index in [0.717, 1.165) is 46.8 Å². The molecular formula is C21H22F3N3O4S. The lowest BCUT2D eigenvalue weighted by Gasteiger charge is -2.20. The highest BCUT2D eigenvalue weighted by Gasteiger charge is 2.47. The molecule has 1 unspecified atom stereocenters. The molecule has 2 heterocycles. The summed E-state index contributed by atoms with van der Waals surface area (Å²) in [6, 6.07) is 5.65. The standard InChI is InChI=1S/C21H22F3N3O4S/c1-13(2)10-16-11-15(8-9-25-16)12-26-14(3)19(28)27(20(26)29)17-4-6-18(7-5-17)32(30,31)21(22,23)24/h4-9,11,13-14H,10,12H2,1-3H3. The van der Waals surface area contributed by atoms with Crippen molar-refractivity contribution in [1.29, 1.82) is 0 Å². The number of imide groups is 1. The molecule has 0 bridgehead atoms. The number of amides is 3. The summed E-state index contributed by atoms with van der Waals surface area (Å²) in [5, 5.41) is 0. The highest BCUT2D eigenvalue weighted by atomic mass is 32.2. The summed E-state index contributed by atoms with van der Waals surface area (Å²) in [6.07, 6.45) is 2.40. The average molecular weight is 469 g/mol. The lowest BCUT2D eigenvalue weighted by Crippen LogP contribution is -2.33. The first-order valence-electron chi connectivity index (χ1n) is 9.82. The molecule has 0 N–H and O–H groups in total. The maximum absolute atomic E-state index is 13.0. The van der Waals surface area contributed by atoms with Gasteiger partial charge < -0.3 is 4.90 Å². The van der Waals surface area contributed by atoms with Crippen LogP contribution in [0.2, 0.25) is 0 Å². The van der Waals surface area contributed by atoms with Gasteiger partial charge in [0, 0.05) is 18.4 Å². The van der Waals surface area contributed by atoms with Crippen LogP contribution in [0.4, 0.5) is 23.7 Å². The van der Waals surface area contributed by atoms with Crippen molar-refractivity contribution in [3.05, 3.63) is 53.9 Å². The lowest BCUT2D eigenvalue weighted by atomic mass is 10.1. The summed E-state index contributed by atoms with van der Waals surface area (Å²) >= 11 is 0. The first-order chi connectivity index (χ1) is 14.8. The number of hydrogen-bond acceptors (Lipinski definition) is 5. The minimum Gasteiger partial charge on any atom is -0.308 e. The molecule has 0 saturated carbocycles. The second-order valence-corrected chi connectivity index (χ2v) is 9.90. The molecule has 1 atom stereocenters. The Morgan fingerprint density at radius 3 is 2.28 bits per heavy atom. The molecule has 1 aliphatic rings. The number of rotatable bonds is 6.